The minimum absolute atomic E-state index is 0.0256. The Morgan fingerprint density at radius 1 is 1.16 bits per heavy atom. The molecule has 190 valence electrons. The summed E-state index contributed by atoms with van der Waals surface area (Å²) in [4.78, 5) is 22.4. The van der Waals surface area contributed by atoms with Gasteiger partial charge in [-0.3, -0.25) is 9.36 Å². The van der Waals surface area contributed by atoms with Gasteiger partial charge in [0.05, 0.1) is 23.0 Å². The number of nitrogens with two attached hydrogens (primary N) is 1. The molecule has 0 atom stereocenters. The van der Waals surface area contributed by atoms with Gasteiger partial charge >= 0.3 is 0 Å². The third-order valence-corrected chi connectivity index (χ3v) is 6.31. The first-order valence-electron chi connectivity index (χ1n) is 11.9. The maximum atomic E-state index is 14.8. The van der Waals surface area contributed by atoms with E-state index in [1.807, 2.05) is 31.2 Å². The first kappa shape index (κ1) is 24.6. The zero-order valence-corrected chi connectivity index (χ0v) is 20.9. The summed E-state index contributed by atoms with van der Waals surface area (Å²) >= 11 is 0. The number of phenols is 1. The Labute approximate surface area is 217 Å². The van der Waals surface area contributed by atoms with E-state index in [9.17, 15) is 14.3 Å². The molecular weight excluding hydrogens is 483 g/mol. The van der Waals surface area contributed by atoms with Crippen molar-refractivity contribution in [3.8, 4) is 17.0 Å². The van der Waals surface area contributed by atoms with Crippen LogP contribution >= 0.6 is 0 Å². The molecule has 38 heavy (non-hydrogen) atoms. The van der Waals surface area contributed by atoms with Gasteiger partial charge < -0.3 is 10.8 Å². The minimum atomic E-state index is -0.749. The minimum Gasteiger partial charge on any atom is -0.508 e. The van der Waals surface area contributed by atoms with Crippen molar-refractivity contribution in [2.75, 3.05) is 5.73 Å². The van der Waals surface area contributed by atoms with Crippen LogP contribution in [0.2, 0.25) is 0 Å². The van der Waals surface area contributed by atoms with Crippen molar-refractivity contribution in [3.63, 3.8) is 0 Å². The summed E-state index contributed by atoms with van der Waals surface area (Å²) in [6.45, 7) is 7.20. The topological polar surface area (TPSA) is 112 Å². The van der Waals surface area contributed by atoms with E-state index in [1.165, 1.54) is 17.0 Å². The lowest BCUT2D eigenvalue weighted by Crippen LogP contribution is -2.25. The molecule has 0 saturated heterocycles. The number of nitrogens with zero attached hydrogens (tertiary/aromatic N) is 5. The summed E-state index contributed by atoms with van der Waals surface area (Å²) in [6.07, 6.45) is 6.25. The lowest BCUT2D eigenvalue weighted by atomic mass is 10.1. The molecule has 0 radical (unpaired) electrons. The van der Waals surface area contributed by atoms with Gasteiger partial charge in [-0.25, -0.2) is 19.0 Å². The normalized spacial score (nSPS) is 12.1. The van der Waals surface area contributed by atoms with Crippen LogP contribution in [-0.2, 0) is 6.54 Å². The Balaban J connectivity index is 1.79. The number of pyridine rings is 1. The molecule has 0 aliphatic rings. The monoisotopic (exact) mass is 508 g/mol. The second-order valence-corrected chi connectivity index (χ2v) is 8.81. The van der Waals surface area contributed by atoms with Gasteiger partial charge in [-0.1, -0.05) is 36.9 Å². The number of aromatic nitrogens is 5. The molecule has 8 nitrogen and oxygen atoms in total. The maximum absolute atomic E-state index is 14.8. The Kier molecular flexibility index (Phi) is 6.34. The fourth-order valence-electron chi connectivity index (χ4n) is 4.56. The molecule has 0 amide bonds. The molecule has 0 fully saturated rings. The van der Waals surface area contributed by atoms with E-state index in [-0.39, 0.29) is 29.4 Å². The number of aromatic hydroxyl groups is 1. The van der Waals surface area contributed by atoms with Gasteiger partial charge in [-0.15, -0.1) is 0 Å². The van der Waals surface area contributed by atoms with Gasteiger partial charge in [-0.2, -0.15) is 5.10 Å². The molecule has 2 aromatic carbocycles. The number of hydrogen-bond donors (Lipinski definition) is 2. The number of hydrogen-bond acceptors (Lipinski definition) is 6. The Morgan fingerprint density at radius 2 is 1.92 bits per heavy atom. The van der Waals surface area contributed by atoms with Gasteiger partial charge in [0.1, 0.15) is 29.4 Å². The van der Waals surface area contributed by atoms with Crippen LogP contribution in [0.3, 0.4) is 0 Å². The van der Waals surface area contributed by atoms with Gasteiger partial charge in [-0.05, 0) is 61.2 Å². The summed E-state index contributed by atoms with van der Waals surface area (Å²) in [5.41, 5.74) is 8.81. The summed E-state index contributed by atoms with van der Waals surface area (Å²) in [6, 6.07) is 13.9. The smallest absolute Gasteiger partial charge is 0.263 e. The lowest BCUT2D eigenvalue weighted by molar-refractivity contribution is 0.475. The van der Waals surface area contributed by atoms with Crippen molar-refractivity contribution in [2.45, 2.75) is 20.4 Å². The predicted molar refractivity (Wildman–Crippen MR) is 148 cm³/mol. The number of phenolic OH excluding ortho intramolecular Hbond substituents is 1. The van der Waals surface area contributed by atoms with E-state index in [1.54, 1.807) is 48.0 Å². The van der Waals surface area contributed by atoms with Crippen molar-refractivity contribution >= 4 is 33.3 Å². The highest BCUT2D eigenvalue weighted by molar-refractivity contribution is 5.98. The quantitative estimate of drug-likeness (QED) is 0.299. The number of nitrogen functional groups attached to an aromatic ring is 1. The van der Waals surface area contributed by atoms with Gasteiger partial charge in [0.2, 0.25) is 0 Å². The first-order chi connectivity index (χ1) is 18.3. The molecule has 5 aromatic rings. The van der Waals surface area contributed by atoms with Crippen LogP contribution in [0.1, 0.15) is 18.2 Å². The van der Waals surface area contributed by atoms with Crippen LogP contribution < -0.4 is 11.3 Å². The zero-order valence-electron chi connectivity index (χ0n) is 20.9. The van der Waals surface area contributed by atoms with E-state index in [4.69, 9.17) is 10.8 Å². The van der Waals surface area contributed by atoms with Crippen molar-refractivity contribution in [1.29, 1.82) is 0 Å². The number of fused-ring (bicyclic) bond motifs is 2. The highest BCUT2D eigenvalue weighted by atomic mass is 19.1. The van der Waals surface area contributed by atoms with Crippen LogP contribution in [0.15, 0.2) is 90.3 Å². The summed E-state index contributed by atoms with van der Waals surface area (Å²) < 4.78 is 17.7. The van der Waals surface area contributed by atoms with Crippen molar-refractivity contribution in [2.24, 2.45) is 0 Å². The molecule has 0 saturated carbocycles. The SMILES string of the molecule is C=C(F)/C(=C\C=C/C)n1c(Cn2nc(-c3ccc(O)cc3)c3c(N)ncnc32)cc2cccc(C)c2c1=O. The molecule has 0 unspecified atom stereocenters. The van der Waals surface area contributed by atoms with E-state index in [0.29, 0.717) is 33.4 Å². The van der Waals surface area contributed by atoms with Crippen molar-refractivity contribution in [3.05, 3.63) is 107 Å². The van der Waals surface area contributed by atoms with E-state index in [2.05, 4.69) is 16.5 Å². The molecule has 3 N–H and O–H groups in total. The molecule has 0 spiro atoms. The van der Waals surface area contributed by atoms with E-state index in [0.717, 1.165) is 10.9 Å². The van der Waals surface area contributed by atoms with Crippen molar-refractivity contribution in [1.82, 2.24) is 24.3 Å². The number of aryl methyl sites for hydroxylation is 1. The fourth-order valence-corrected chi connectivity index (χ4v) is 4.56. The standard InChI is InChI=1S/C29H25FN6O2/c1-4-5-9-23(18(3)30)36-21(14-20-8-6-7-17(2)24(20)29(36)38)15-35-28-25(27(31)32-16-33-28)26(34-35)19-10-12-22(37)13-11-19/h4-14,16,37H,3,15H2,1-2H3,(H2,31,32,33)/b5-4-,23-9+. The number of rotatable bonds is 6. The summed E-state index contributed by atoms with van der Waals surface area (Å²) in [5.74, 6) is -0.396. The van der Waals surface area contributed by atoms with Crippen LogP contribution in [0.4, 0.5) is 10.2 Å². The third kappa shape index (κ3) is 4.24. The fraction of sp³-hybridized carbons (Fsp3) is 0.103. The Bertz CT molecular complexity index is 1830. The Hall–Kier alpha value is -5.05. The van der Waals surface area contributed by atoms with Gasteiger partial charge in [0.25, 0.3) is 5.56 Å². The Morgan fingerprint density at radius 3 is 2.63 bits per heavy atom. The molecule has 0 aliphatic carbocycles. The molecule has 0 bridgehead atoms. The molecule has 3 heterocycles. The molecule has 0 aliphatic heterocycles. The van der Waals surface area contributed by atoms with Gasteiger partial charge in [0.15, 0.2) is 5.65 Å². The number of benzene rings is 2. The van der Waals surface area contributed by atoms with Crippen molar-refractivity contribution < 1.29 is 9.50 Å². The number of halogens is 1. The summed E-state index contributed by atoms with van der Waals surface area (Å²) in [7, 11) is 0. The predicted octanol–water partition coefficient (Wildman–Crippen LogP) is 5.35. The second kappa shape index (κ2) is 9.78. The van der Waals surface area contributed by atoms with Crippen LogP contribution in [0.5, 0.6) is 5.75 Å². The third-order valence-electron chi connectivity index (χ3n) is 6.31. The average molecular weight is 509 g/mol. The lowest BCUT2D eigenvalue weighted by Gasteiger charge is -2.17. The number of allylic oxidation sites excluding steroid dienone is 5. The van der Waals surface area contributed by atoms with E-state index >= 15 is 0 Å². The maximum Gasteiger partial charge on any atom is 0.263 e. The highest BCUT2D eigenvalue weighted by Gasteiger charge is 2.21. The van der Waals surface area contributed by atoms with Gasteiger partial charge in [0, 0.05) is 11.3 Å². The molecule has 9 heteroatoms. The molecule has 5 rings (SSSR count). The zero-order chi connectivity index (χ0) is 27.0. The second-order valence-electron chi connectivity index (χ2n) is 8.81. The van der Waals surface area contributed by atoms with Crippen LogP contribution in [0, 0.1) is 6.92 Å². The molecular formula is C29H25FN6O2. The largest absolute Gasteiger partial charge is 0.508 e. The van der Waals surface area contributed by atoms with Crippen LogP contribution in [0.25, 0.3) is 38.8 Å². The number of anilines is 1. The van der Waals surface area contributed by atoms with E-state index < -0.39 is 5.83 Å². The average Bonchev–Trinajstić information content (AvgIpc) is 3.25. The van der Waals surface area contributed by atoms with Crippen LogP contribution in [-0.4, -0.2) is 29.4 Å². The highest BCUT2D eigenvalue weighted by Crippen LogP contribution is 2.32. The summed E-state index contributed by atoms with van der Waals surface area (Å²) in [5, 5.41) is 16.2. The molecule has 3 aromatic heterocycles. The first-order valence-corrected chi connectivity index (χ1v) is 11.9.